The van der Waals surface area contributed by atoms with Gasteiger partial charge in [-0.15, -0.1) is 65.2 Å². The number of aryl methyl sites for hydroxylation is 1. The predicted octanol–water partition coefficient (Wildman–Crippen LogP) is 10.8. The Morgan fingerprint density at radius 3 is 2.31 bits per heavy atom. The number of nitrogens with zero attached hydrogens (tertiary/aromatic N) is 4. The second kappa shape index (κ2) is 14.9. The fraction of sp³-hybridized carbons (Fsp3) is 0.239. The van der Waals surface area contributed by atoms with Crippen LogP contribution in [0.25, 0.3) is 50.5 Å². The molecule has 1 radical (unpaired) electrons. The number of aromatic nitrogens is 4. The molecule has 265 valence electrons. The molecule has 1 aliphatic rings. The molecule has 6 heteroatoms. The molecule has 0 atom stereocenters. The van der Waals surface area contributed by atoms with Crippen molar-refractivity contribution in [2.75, 3.05) is 0 Å². The van der Waals surface area contributed by atoms with Crippen LogP contribution < -0.4 is 5.19 Å². The van der Waals surface area contributed by atoms with Crippen molar-refractivity contribution < 1.29 is 27.0 Å². The van der Waals surface area contributed by atoms with Crippen LogP contribution in [0.1, 0.15) is 56.9 Å². The van der Waals surface area contributed by atoms with E-state index in [0.717, 1.165) is 38.8 Å². The Bertz CT molecular complexity index is 2540. The van der Waals surface area contributed by atoms with Gasteiger partial charge in [0.05, 0.1) is 30.6 Å². The predicted molar refractivity (Wildman–Crippen MR) is 215 cm³/mol. The zero-order valence-corrected chi connectivity index (χ0v) is 34.1. The van der Waals surface area contributed by atoms with Gasteiger partial charge in [0.2, 0.25) is 0 Å². The monoisotopic (exact) mass is 880 g/mol. The molecular formula is C46H46IrN4Si-2. The van der Waals surface area contributed by atoms with Crippen molar-refractivity contribution in [3.63, 3.8) is 0 Å². The number of benzene rings is 4. The molecule has 0 fully saturated rings. The van der Waals surface area contributed by atoms with Gasteiger partial charge in [0.1, 0.15) is 0 Å². The minimum absolute atomic E-state index is 0. The molecule has 52 heavy (non-hydrogen) atoms. The van der Waals surface area contributed by atoms with E-state index in [9.17, 15) is 0 Å². The molecule has 4 aromatic carbocycles. The van der Waals surface area contributed by atoms with Gasteiger partial charge in [-0.3, -0.25) is 9.97 Å². The number of imidazole rings is 1. The van der Waals surface area contributed by atoms with Gasteiger partial charge in [0.25, 0.3) is 0 Å². The van der Waals surface area contributed by atoms with E-state index in [1.165, 1.54) is 22.9 Å². The van der Waals surface area contributed by atoms with Crippen LogP contribution >= 0.6 is 0 Å². The first-order chi connectivity index (χ1) is 26.4. The van der Waals surface area contributed by atoms with Crippen LogP contribution in [0.2, 0.25) is 19.6 Å². The average molecular weight is 880 g/mol. The Balaban J connectivity index is 0.000000208. The number of pyridine rings is 2. The molecular weight excluding hydrogens is 829 g/mol. The maximum Gasteiger partial charge on any atom is 0.0851 e. The van der Waals surface area contributed by atoms with Crippen molar-refractivity contribution in [1.82, 2.24) is 19.5 Å². The molecule has 0 bridgehead atoms. The maximum atomic E-state index is 8.55. The van der Waals surface area contributed by atoms with Gasteiger partial charge in [0, 0.05) is 45.0 Å². The van der Waals surface area contributed by atoms with E-state index in [1.807, 2.05) is 85.3 Å². The molecule has 0 N–H and O–H groups in total. The fourth-order valence-corrected chi connectivity index (χ4v) is 8.39. The second-order valence-electron chi connectivity index (χ2n) is 14.9. The summed E-state index contributed by atoms with van der Waals surface area (Å²) in [6.45, 7) is 12.7. The van der Waals surface area contributed by atoms with E-state index in [4.69, 9.17) is 11.8 Å². The minimum Gasteiger partial charge on any atom is -0.332 e. The first-order valence-corrected chi connectivity index (χ1v) is 21.0. The van der Waals surface area contributed by atoms with Crippen molar-refractivity contribution in [3.05, 3.63) is 150 Å². The normalized spacial score (nSPS) is 14.8. The zero-order chi connectivity index (χ0) is 40.2. The molecule has 0 spiro atoms. The summed E-state index contributed by atoms with van der Waals surface area (Å²) in [6.07, 6.45) is 2.04. The van der Waals surface area contributed by atoms with Gasteiger partial charge in [-0.2, -0.15) is 0 Å². The summed E-state index contributed by atoms with van der Waals surface area (Å²) in [7, 11) is -1.67. The Morgan fingerprint density at radius 2 is 1.60 bits per heavy atom. The first-order valence-electron chi connectivity index (χ1n) is 20.0. The maximum absolute atomic E-state index is 8.55. The van der Waals surface area contributed by atoms with Gasteiger partial charge in [0.15, 0.2) is 0 Å². The summed E-state index contributed by atoms with van der Waals surface area (Å²) in [5.41, 5.74) is 10.0. The Hall–Kier alpha value is -4.48. The van der Waals surface area contributed by atoms with E-state index in [-0.39, 0.29) is 37.1 Å². The van der Waals surface area contributed by atoms with Gasteiger partial charge in [-0.1, -0.05) is 107 Å². The summed E-state index contributed by atoms with van der Waals surface area (Å²) >= 11 is 0. The molecule has 0 saturated heterocycles. The average Bonchev–Trinajstić information content (AvgIpc) is 3.67. The van der Waals surface area contributed by atoms with Crippen LogP contribution in [-0.2, 0) is 31.9 Å². The Kier molecular flexibility index (Phi) is 8.88. The molecule has 7 aromatic rings. The van der Waals surface area contributed by atoms with Crippen LogP contribution in [-0.4, -0.2) is 27.6 Å². The summed E-state index contributed by atoms with van der Waals surface area (Å²) in [5, 5.41) is 1.10. The second-order valence-corrected chi connectivity index (χ2v) is 20.0. The topological polar surface area (TPSA) is 43.6 Å². The van der Waals surface area contributed by atoms with E-state index in [0.29, 0.717) is 16.9 Å². The van der Waals surface area contributed by atoms with Crippen LogP contribution in [0.15, 0.2) is 116 Å². The molecule has 4 nitrogen and oxygen atoms in total. The van der Waals surface area contributed by atoms with Crippen molar-refractivity contribution in [2.24, 2.45) is 5.92 Å². The number of hydrogen-bond donors (Lipinski definition) is 0. The molecule has 0 amide bonds. The van der Waals surface area contributed by atoms with Crippen LogP contribution in [0, 0.1) is 24.9 Å². The third-order valence-corrected chi connectivity index (χ3v) is 11.5. The molecule has 3 heterocycles. The Morgan fingerprint density at radius 1 is 0.846 bits per heavy atom. The van der Waals surface area contributed by atoms with E-state index < -0.39 is 21.3 Å². The van der Waals surface area contributed by atoms with Crippen molar-refractivity contribution in [3.8, 4) is 39.5 Å². The molecule has 0 unspecified atom stereocenters. The van der Waals surface area contributed by atoms with Gasteiger partial charge in [-0.25, -0.2) is 0 Å². The molecule has 3 aromatic heterocycles. The third kappa shape index (κ3) is 7.12. The molecule has 1 aliphatic carbocycles. The zero-order valence-electron chi connectivity index (χ0n) is 35.7. The van der Waals surface area contributed by atoms with Gasteiger partial charge in [-0.05, 0) is 64.8 Å². The van der Waals surface area contributed by atoms with E-state index in [1.54, 1.807) is 6.07 Å². The number of para-hydroxylation sites is 1. The van der Waals surface area contributed by atoms with Crippen LogP contribution in [0.5, 0.6) is 0 Å². The summed E-state index contributed by atoms with van der Waals surface area (Å²) in [6, 6.07) is 40.4. The summed E-state index contributed by atoms with van der Waals surface area (Å²) in [5.74, 6) is 0.558. The number of fused-ring (bicyclic) bond motifs is 4. The minimum atomic E-state index is -2.37. The van der Waals surface area contributed by atoms with Crippen LogP contribution in [0.4, 0.5) is 0 Å². The first kappa shape index (κ1) is 31.1. The van der Waals surface area contributed by atoms with Gasteiger partial charge < -0.3 is 9.55 Å². The SMILES string of the molecule is [2H]C([2H])([2H])c1nccc2nc(-c3[c-]cc4c(c3)-c3ccccc3C4(C)C)n(-c3ccccc3)c12.[2H]C([2H])(c1cc(-c2[c-]cccc2)ncc1[Si](C)(C)C)C(C)C.[Ir]. The van der Waals surface area contributed by atoms with E-state index >= 15 is 0 Å². The smallest absolute Gasteiger partial charge is 0.0851 e. The van der Waals surface area contributed by atoms with Crippen molar-refractivity contribution >= 4 is 24.3 Å². The van der Waals surface area contributed by atoms with E-state index in [2.05, 4.69) is 92.0 Å². The number of rotatable bonds is 6. The summed E-state index contributed by atoms with van der Waals surface area (Å²) in [4.78, 5) is 13.7. The summed E-state index contributed by atoms with van der Waals surface area (Å²) < 4.78 is 43.2. The van der Waals surface area contributed by atoms with Crippen molar-refractivity contribution in [1.29, 1.82) is 0 Å². The third-order valence-electron chi connectivity index (χ3n) is 9.48. The Labute approximate surface area is 330 Å². The number of hydrogen-bond acceptors (Lipinski definition) is 3. The van der Waals surface area contributed by atoms with Crippen molar-refractivity contribution in [2.45, 2.75) is 66.0 Å². The van der Waals surface area contributed by atoms with Gasteiger partial charge >= 0.3 is 0 Å². The largest absolute Gasteiger partial charge is 0.332 e. The molecule has 0 aliphatic heterocycles. The van der Waals surface area contributed by atoms with Crippen LogP contribution in [0.3, 0.4) is 0 Å². The fourth-order valence-electron chi connectivity index (χ4n) is 6.99. The quantitative estimate of drug-likeness (QED) is 0.123. The standard InChI is InChI=1S/C28H22N3.C18H24NSi.Ir/c1-18-26-25(15-16-29-18)30-27(31(26)20-9-5-4-6-10-20)19-13-14-24-22(17-19)21-11-7-8-12-23(21)28(24,2)3;1-14(2)11-16-12-17(15-9-7-6-8-10-15)19-13-18(16)20(3,4)5;/h4-12,14-17H,1-3H3;6-9,12-14H,11H2,1-5H3;/q2*-1;/i1D3;11D2;. The molecule has 8 rings (SSSR count). The molecule has 0 saturated carbocycles.